The highest BCUT2D eigenvalue weighted by molar-refractivity contribution is 7.12. The third-order valence-corrected chi connectivity index (χ3v) is 4.35. The van der Waals surface area contributed by atoms with Crippen molar-refractivity contribution in [1.29, 1.82) is 0 Å². The van der Waals surface area contributed by atoms with Crippen LogP contribution in [0, 0.1) is 0 Å². The second kappa shape index (κ2) is 4.27. The Morgan fingerprint density at radius 2 is 2.12 bits per heavy atom. The number of hydrogen-bond donors (Lipinski definition) is 1. The van der Waals surface area contributed by atoms with E-state index in [0.29, 0.717) is 0 Å². The van der Waals surface area contributed by atoms with Gasteiger partial charge in [-0.1, -0.05) is 19.3 Å². The Balaban J connectivity index is 2.01. The second-order valence-corrected chi connectivity index (χ2v) is 5.59. The average molecular weight is 248 g/mol. The van der Waals surface area contributed by atoms with Gasteiger partial charge >= 0.3 is 0 Å². The first kappa shape index (κ1) is 11.0. The van der Waals surface area contributed by atoms with Crippen LogP contribution in [0.25, 0.3) is 5.00 Å². The van der Waals surface area contributed by atoms with Gasteiger partial charge in [0.25, 0.3) is 0 Å². The summed E-state index contributed by atoms with van der Waals surface area (Å²) in [6.07, 6.45) is 8.78. The van der Waals surface area contributed by atoms with Crippen LogP contribution in [-0.4, -0.2) is 14.7 Å². The molecular formula is C13H16N2OS. The highest BCUT2D eigenvalue weighted by Crippen LogP contribution is 2.37. The van der Waals surface area contributed by atoms with Gasteiger partial charge < -0.3 is 5.11 Å². The fourth-order valence-corrected chi connectivity index (χ4v) is 3.31. The summed E-state index contributed by atoms with van der Waals surface area (Å²) in [5, 5.41) is 13.9. The van der Waals surface area contributed by atoms with Gasteiger partial charge in [-0.25, -0.2) is 4.98 Å². The molecule has 2 aromatic rings. The summed E-state index contributed by atoms with van der Waals surface area (Å²) in [6.45, 7) is 0. The Bertz CT molecular complexity index is 483. The van der Waals surface area contributed by atoms with E-state index in [4.69, 9.17) is 0 Å². The van der Waals surface area contributed by atoms with Gasteiger partial charge in [0.05, 0.1) is 0 Å². The monoisotopic (exact) mass is 248 g/mol. The average Bonchev–Trinajstić information content (AvgIpc) is 3.01. The van der Waals surface area contributed by atoms with Gasteiger partial charge in [0.2, 0.25) is 0 Å². The summed E-state index contributed by atoms with van der Waals surface area (Å²) in [4.78, 5) is 4.39. The third kappa shape index (κ3) is 1.91. The van der Waals surface area contributed by atoms with Gasteiger partial charge in [-0.15, -0.1) is 11.3 Å². The van der Waals surface area contributed by atoms with Crippen molar-refractivity contribution in [1.82, 2.24) is 9.55 Å². The molecule has 1 aliphatic carbocycles. The molecule has 0 bridgehead atoms. The molecule has 0 aliphatic heterocycles. The summed E-state index contributed by atoms with van der Waals surface area (Å²) in [5.41, 5.74) is -0.730. The highest BCUT2D eigenvalue weighted by atomic mass is 32.1. The Morgan fingerprint density at radius 3 is 2.82 bits per heavy atom. The SMILES string of the molecule is OC1(c2nccn2-c2cccs2)CCCCC1. The fraction of sp³-hybridized carbons (Fsp3) is 0.462. The van der Waals surface area contributed by atoms with Crippen LogP contribution < -0.4 is 0 Å². The van der Waals surface area contributed by atoms with E-state index in [-0.39, 0.29) is 0 Å². The summed E-state index contributed by atoms with van der Waals surface area (Å²) < 4.78 is 2.02. The molecule has 0 aromatic carbocycles. The van der Waals surface area contributed by atoms with Crippen molar-refractivity contribution in [2.45, 2.75) is 37.7 Å². The standard InChI is InChI=1S/C13H16N2OS/c16-13(6-2-1-3-7-13)12-14-8-9-15(12)11-5-4-10-17-11/h4-5,8-10,16H,1-3,6-7H2. The molecule has 0 spiro atoms. The molecule has 1 aliphatic rings. The zero-order valence-electron chi connectivity index (χ0n) is 9.67. The summed E-state index contributed by atoms with van der Waals surface area (Å²) in [5.74, 6) is 0.805. The van der Waals surface area contributed by atoms with Gasteiger partial charge in [0.1, 0.15) is 16.4 Å². The Kier molecular flexibility index (Phi) is 2.76. The maximum absolute atomic E-state index is 10.7. The first-order valence-corrected chi connectivity index (χ1v) is 6.98. The zero-order chi connectivity index (χ0) is 11.7. The molecule has 0 unspecified atom stereocenters. The topological polar surface area (TPSA) is 38.1 Å². The van der Waals surface area contributed by atoms with E-state index in [1.54, 1.807) is 17.5 Å². The second-order valence-electron chi connectivity index (χ2n) is 4.66. The van der Waals surface area contributed by atoms with Crippen LogP contribution in [-0.2, 0) is 5.60 Å². The van der Waals surface area contributed by atoms with Gasteiger partial charge in [-0.3, -0.25) is 4.57 Å². The van der Waals surface area contributed by atoms with Crippen molar-refractivity contribution in [2.75, 3.05) is 0 Å². The smallest absolute Gasteiger partial charge is 0.145 e. The molecule has 90 valence electrons. The van der Waals surface area contributed by atoms with E-state index < -0.39 is 5.60 Å². The lowest BCUT2D eigenvalue weighted by molar-refractivity contribution is -0.0100. The molecular weight excluding hydrogens is 232 g/mol. The molecule has 0 saturated heterocycles. The van der Waals surface area contributed by atoms with Crippen LogP contribution in [0.3, 0.4) is 0 Å². The van der Waals surface area contributed by atoms with E-state index >= 15 is 0 Å². The third-order valence-electron chi connectivity index (χ3n) is 3.48. The maximum Gasteiger partial charge on any atom is 0.145 e. The minimum absolute atomic E-state index is 0.730. The molecule has 1 fully saturated rings. The normalized spacial score (nSPS) is 19.4. The van der Waals surface area contributed by atoms with E-state index in [1.165, 1.54) is 6.42 Å². The van der Waals surface area contributed by atoms with Crippen LogP contribution in [0.15, 0.2) is 29.9 Å². The Labute approximate surface area is 105 Å². The molecule has 1 saturated carbocycles. The first-order valence-electron chi connectivity index (χ1n) is 6.10. The number of aromatic nitrogens is 2. The molecule has 2 heterocycles. The van der Waals surface area contributed by atoms with Crippen LogP contribution in [0.2, 0.25) is 0 Å². The predicted octanol–water partition coefficient (Wildman–Crippen LogP) is 3.09. The van der Waals surface area contributed by atoms with Crippen molar-refractivity contribution in [3.8, 4) is 5.00 Å². The lowest BCUT2D eigenvalue weighted by atomic mass is 9.84. The number of imidazole rings is 1. The lowest BCUT2D eigenvalue weighted by Crippen LogP contribution is -2.31. The molecule has 2 aromatic heterocycles. The van der Waals surface area contributed by atoms with Crippen LogP contribution in [0.1, 0.15) is 37.9 Å². The number of thiophene rings is 1. The minimum atomic E-state index is -0.730. The van der Waals surface area contributed by atoms with Crippen molar-refractivity contribution < 1.29 is 5.11 Å². The van der Waals surface area contributed by atoms with E-state index in [9.17, 15) is 5.11 Å². The van der Waals surface area contributed by atoms with Crippen molar-refractivity contribution >= 4 is 11.3 Å². The molecule has 0 amide bonds. The van der Waals surface area contributed by atoms with E-state index in [0.717, 1.165) is 36.5 Å². The molecule has 3 rings (SSSR count). The lowest BCUT2D eigenvalue weighted by Gasteiger charge is -2.31. The molecule has 4 heteroatoms. The number of hydrogen-bond acceptors (Lipinski definition) is 3. The summed E-state index contributed by atoms with van der Waals surface area (Å²) in [7, 11) is 0. The van der Waals surface area contributed by atoms with Gasteiger partial charge in [-0.05, 0) is 30.4 Å². The number of aliphatic hydroxyl groups is 1. The quantitative estimate of drug-likeness (QED) is 0.887. The summed E-state index contributed by atoms with van der Waals surface area (Å²) >= 11 is 1.67. The highest BCUT2D eigenvalue weighted by Gasteiger charge is 2.35. The maximum atomic E-state index is 10.7. The van der Waals surface area contributed by atoms with Crippen LogP contribution in [0.4, 0.5) is 0 Å². The van der Waals surface area contributed by atoms with E-state index in [2.05, 4.69) is 11.1 Å². The fourth-order valence-electron chi connectivity index (χ4n) is 2.59. The number of nitrogens with zero attached hydrogens (tertiary/aromatic N) is 2. The predicted molar refractivity (Wildman–Crippen MR) is 68.4 cm³/mol. The number of rotatable bonds is 2. The van der Waals surface area contributed by atoms with Gasteiger partial charge in [0.15, 0.2) is 0 Å². The van der Waals surface area contributed by atoms with Crippen molar-refractivity contribution in [3.63, 3.8) is 0 Å². The van der Waals surface area contributed by atoms with Crippen LogP contribution >= 0.6 is 11.3 Å². The molecule has 0 radical (unpaired) electrons. The van der Waals surface area contributed by atoms with Crippen molar-refractivity contribution in [2.24, 2.45) is 0 Å². The molecule has 1 N–H and O–H groups in total. The molecule has 3 nitrogen and oxygen atoms in total. The zero-order valence-corrected chi connectivity index (χ0v) is 10.5. The van der Waals surface area contributed by atoms with Gasteiger partial charge in [0, 0.05) is 12.4 Å². The van der Waals surface area contributed by atoms with Crippen molar-refractivity contribution in [3.05, 3.63) is 35.7 Å². The largest absolute Gasteiger partial charge is 0.382 e. The molecule has 0 atom stereocenters. The van der Waals surface area contributed by atoms with Crippen LogP contribution in [0.5, 0.6) is 0 Å². The van der Waals surface area contributed by atoms with E-state index in [1.807, 2.05) is 22.2 Å². The first-order chi connectivity index (χ1) is 8.30. The Hall–Kier alpha value is -1.13. The Morgan fingerprint density at radius 1 is 1.29 bits per heavy atom. The summed E-state index contributed by atoms with van der Waals surface area (Å²) in [6, 6.07) is 4.08. The van der Waals surface area contributed by atoms with Gasteiger partial charge in [-0.2, -0.15) is 0 Å². The molecule has 17 heavy (non-hydrogen) atoms. The minimum Gasteiger partial charge on any atom is -0.382 e.